The first-order valence-corrected chi connectivity index (χ1v) is 9.73. The molecule has 0 bridgehead atoms. The number of hydrogen-bond acceptors (Lipinski definition) is 6. The summed E-state index contributed by atoms with van der Waals surface area (Å²) in [5.41, 5.74) is 4.48. The fourth-order valence-electron chi connectivity index (χ4n) is 2.71. The van der Waals surface area contributed by atoms with Crippen molar-refractivity contribution in [2.75, 3.05) is 0 Å². The van der Waals surface area contributed by atoms with Gasteiger partial charge in [0.05, 0.1) is 14.9 Å². The summed E-state index contributed by atoms with van der Waals surface area (Å²) < 4.78 is 1.93. The van der Waals surface area contributed by atoms with Crippen LogP contribution in [0.4, 0.5) is 0 Å². The fourth-order valence-corrected chi connectivity index (χ4v) is 3.85. The molecule has 0 radical (unpaired) electrons. The first-order chi connectivity index (χ1) is 13.3. The van der Waals surface area contributed by atoms with Crippen molar-refractivity contribution in [2.45, 2.75) is 0 Å². The van der Waals surface area contributed by atoms with Crippen LogP contribution in [0.1, 0.15) is 0 Å². The molecule has 0 amide bonds. The SMILES string of the molecule is Brc1cnc(-c2cc(-c3ccc(-c4nc5ncccc5s4)cc3)n[nH]2)nc1. The second-order valence-electron chi connectivity index (χ2n) is 5.81. The van der Waals surface area contributed by atoms with E-state index in [1.165, 1.54) is 0 Å². The summed E-state index contributed by atoms with van der Waals surface area (Å²) in [6, 6.07) is 14.1. The van der Waals surface area contributed by atoms with Crippen molar-refractivity contribution in [3.8, 4) is 33.3 Å². The Balaban J connectivity index is 1.44. The molecule has 6 nitrogen and oxygen atoms in total. The lowest BCUT2D eigenvalue weighted by atomic mass is 10.1. The molecule has 5 rings (SSSR count). The number of hydrogen-bond donors (Lipinski definition) is 1. The number of aromatic amines is 1. The van der Waals surface area contributed by atoms with E-state index < -0.39 is 0 Å². The molecule has 4 aromatic heterocycles. The molecule has 0 aliphatic carbocycles. The lowest BCUT2D eigenvalue weighted by Gasteiger charge is -1.99. The van der Waals surface area contributed by atoms with Gasteiger partial charge in [0.15, 0.2) is 11.5 Å². The van der Waals surface area contributed by atoms with E-state index in [4.69, 9.17) is 0 Å². The molecule has 0 aliphatic rings. The lowest BCUT2D eigenvalue weighted by Crippen LogP contribution is -1.87. The van der Waals surface area contributed by atoms with Crippen molar-refractivity contribution >= 4 is 37.6 Å². The van der Waals surface area contributed by atoms with Crippen molar-refractivity contribution < 1.29 is 0 Å². The molecule has 0 saturated heterocycles. The van der Waals surface area contributed by atoms with Crippen molar-refractivity contribution in [3.63, 3.8) is 0 Å². The molecule has 0 aliphatic heterocycles. The number of rotatable bonds is 3. The van der Waals surface area contributed by atoms with Crippen molar-refractivity contribution in [2.24, 2.45) is 0 Å². The van der Waals surface area contributed by atoms with Crippen LogP contribution in [0.5, 0.6) is 0 Å². The van der Waals surface area contributed by atoms with Crippen LogP contribution in [0.15, 0.2) is 65.5 Å². The van der Waals surface area contributed by atoms with E-state index in [2.05, 4.69) is 58.2 Å². The predicted octanol–water partition coefficient (Wildman–Crippen LogP) is 4.97. The highest BCUT2D eigenvalue weighted by Crippen LogP contribution is 2.30. The minimum Gasteiger partial charge on any atom is -0.274 e. The molecule has 8 heteroatoms. The zero-order valence-electron chi connectivity index (χ0n) is 13.8. The quantitative estimate of drug-likeness (QED) is 0.433. The predicted molar refractivity (Wildman–Crippen MR) is 109 cm³/mol. The summed E-state index contributed by atoms with van der Waals surface area (Å²) in [5, 5.41) is 8.34. The molecular formula is C19H11BrN6S. The third-order valence-electron chi connectivity index (χ3n) is 4.03. The second kappa shape index (κ2) is 6.64. The molecule has 1 N–H and O–H groups in total. The molecular weight excluding hydrogens is 424 g/mol. The Hall–Kier alpha value is -2.97. The monoisotopic (exact) mass is 434 g/mol. The smallest absolute Gasteiger partial charge is 0.177 e. The molecule has 0 unspecified atom stereocenters. The van der Waals surface area contributed by atoms with E-state index in [1.807, 2.05) is 30.3 Å². The van der Waals surface area contributed by atoms with Gasteiger partial charge in [0.25, 0.3) is 0 Å². The van der Waals surface area contributed by atoms with E-state index in [0.29, 0.717) is 5.82 Å². The Bertz CT molecular complexity index is 1190. The van der Waals surface area contributed by atoms with E-state index in [1.54, 1.807) is 29.9 Å². The first-order valence-electron chi connectivity index (χ1n) is 8.12. The van der Waals surface area contributed by atoms with Gasteiger partial charge in [0.1, 0.15) is 10.7 Å². The highest BCUT2D eigenvalue weighted by Gasteiger charge is 2.10. The molecule has 1 aromatic carbocycles. The van der Waals surface area contributed by atoms with Gasteiger partial charge in [0.2, 0.25) is 0 Å². The van der Waals surface area contributed by atoms with Gasteiger partial charge in [-0.05, 0) is 34.1 Å². The van der Waals surface area contributed by atoms with Gasteiger partial charge in [-0.3, -0.25) is 5.10 Å². The molecule has 0 atom stereocenters. The van der Waals surface area contributed by atoms with Crippen molar-refractivity contribution in [3.05, 3.63) is 65.5 Å². The van der Waals surface area contributed by atoms with Crippen LogP contribution in [0.2, 0.25) is 0 Å². The minimum atomic E-state index is 0.607. The Kier molecular flexibility index (Phi) is 3.99. The van der Waals surface area contributed by atoms with Gasteiger partial charge in [-0.2, -0.15) is 5.10 Å². The van der Waals surface area contributed by atoms with Gasteiger partial charge in [-0.25, -0.2) is 19.9 Å². The van der Waals surface area contributed by atoms with Crippen LogP contribution in [-0.4, -0.2) is 30.1 Å². The number of halogens is 1. The van der Waals surface area contributed by atoms with Crippen LogP contribution >= 0.6 is 27.3 Å². The molecule has 130 valence electrons. The number of nitrogens with zero attached hydrogens (tertiary/aromatic N) is 5. The molecule has 0 spiro atoms. The Morgan fingerprint density at radius 1 is 0.926 bits per heavy atom. The van der Waals surface area contributed by atoms with Crippen LogP contribution < -0.4 is 0 Å². The maximum absolute atomic E-state index is 4.60. The zero-order valence-corrected chi connectivity index (χ0v) is 16.2. The van der Waals surface area contributed by atoms with Crippen LogP contribution in [0, 0.1) is 0 Å². The van der Waals surface area contributed by atoms with Gasteiger partial charge in [-0.15, -0.1) is 11.3 Å². The number of fused-ring (bicyclic) bond motifs is 1. The van der Waals surface area contributed by atoms with Crippen LogP contribution in [0.3, 0.4) is 0 Å². The van der Waals surface area contributed by atoms with Crippen molar-refractivity contribution in [1.82, 2.24) is 30.1 Å². The number of benzene rings is 1. The van der Waals surface area contributed by atoms with Crippen LogP contribution in [0.25, 0.3) is 43.7 Å². The maximum Gasteiger partial charge on any atom is 0.177 e. The third-order valence-corrected chi connectivity index (χ3v) is 5.50. The summed E-state index contributed by atoms with van der Waals surface area (Å²) in [6.45, 7) is 0. The molecule has 0 saturated carbocycles. The average Bonchev–Trinajstić information content (AvgIpc) is 3.36. The minimum absolute atomic E-state index is 0.607. The van der Waals surface area contributed by atoms with Gasteiger partial charge in [0, 0.05) is 29.7 Å². The van der Waals surface area contributed by atoms with Crippen molar-refractivity contribution in [1.29, 1.82) is 0 Å². The molecule has 0 fully saturated rings. The Morgan fingerprint density at radius 3 is 2.48 bits per heavy atom. The van der Waals surface area contributed by atoms with Gasteiger partial charge < -0.3 is 0 Å². The Morgan fingerprint density at radius 2 is 1.70 bits per heavy atom. The summed E-state index contributed by atoms with van der Waals surface area (Å²) in [5.74, 6) is 0.607. The van der Waals surface area contributed by atoms with E-state index in [-0.39, 0.29) is 0 Å². The molecule has 5 aromatic rings. The highest BCUT2D eigenvalue weighted by atomic mass is 79.9. The maximum atomic E-state index is 4.60. The second-order valence-corrected chi connectivity index (χ2v) is 7.76. The number of nitrogens with one attached hydrogen (secondary N) is 1. The number of pyridine rings is 1. The molecule has 27 heavy (non-hydrogen) atoms. The van der Waals surface area contributed by atoms with E-state index >= 15 is 0 Å². The Labute approximate surface area is 166 Å². The number of H-pyrrole nitrogens is 1. The molecule has 4 heterocycles. The average molecular weight is 435 g/mol. The largest absolute Gasteiger partial charge is 0.274 e. The zero-order chi connectivity index (χ0) is 18.2. The lowest BCUT2D eigenvalue weighted by molar-refractivity contribution is 1.06. The normalized spacial score (nSPS) is 11.1. The summed E-state index contributed by atoms with van der Waals surface area (Å²) in [4.78, 5) is 17.5. The summed E-state index contributed by atoms with van der Waals surface area (Å²) >= 11 is 4.98. The first kappa shape index (κ1) is 16.2. The van der Waals surface area contributed by atoms with Gasteiger partial charge in [-0.1, -0.05) is 24.3 Å². The van der Waals surface area contributed by atoms with E-state index in [0.717, 1.165) is 42.3 Å². The van der Waals surface area contributed by atoms with E-state index in [9.17, 15) is 0 Å². The standard InChI is InChI=1S/C19H11BrN6S/c20-13-9-22-17(23-10-13)15-8-14(25-26-15)11-3-5-12(6-4-11)19-24-18-16(27-19)2-1-7-21-18/h1-10H,(H,25,26). The van der Waals surface area contributed by atoms with Crippen LogP contribution in [-0.2, 0) is 0 Å². The van der Waals surface area contributed by atoms with Gasteiger partial charge >= 0.3 is 0 Å². The highest BCUT2D eigenvalue weighted by molar-refractivity contribution is 9.10. The number of aromatic nitrogens is 6. The fraction of sp³-hybridized carbons (Fsp3) is 0. The topological polar surface area (TPSA) is 80.2 Å². The number of thiazole rings is 1. The summed E-state index contributed by atoms with van der Waals surface area (Å²) in [6.07, 6.45) is 5.19. The summed E-state index contributed by atoms with van der Waals surface area (Å²) in [7, 11) is 0. The third kappa shape index (κ3) is 3.13.